The largest absolute Gasteiger partial charge is 0.469 e. The van der Waals surface area contributed by atoms with Gasteiger partial charge in [0.05, 0.1) is 13.5 Å². The van der Waals surface area contributed by atoms with Crippen LogP contribution in [-0.2, 0) is 14.3 Å². The molecule has 22 heavy (non-hydrogen) atoms. The number of aryl methyl sites for hydroxylation is 1. The lowest BCUT2D eigenvalue weighted by molar-refractivity contribution is -0.143. The molecule has 0 aromatic heterocycles. The first-order chi connectivity index (χ1) is 10.5. The third-order valence-electron chi connectivity index (χ3n) is 3.91. The Morgan fingerprint density at radius 1 is 1.18 bits per heavy atom. The first-order valence-corrected chi connectivity index (χ1v) is 8.16. The summed E-state index contributed by atoms with van der Waals surface area (Å²) in [6, 6.07) is 6.29. The van der Waals surface area contributed by atoms with E-state index in [2.05, 4.69) is 50.7 Å². The van der Waals surface area contributed by atoms with Gasteiger partial charge in [0.2, 0.25) is 5.91 Å². The van der Waals surface area contributed by atoms with E-state index in [4.69, 9.17) is 0 Å². The average molecular weight is 369 g/mol. The minimum absolute atomic E-state index is 0.0250. The van der Waals surface area contributed by atoms with Gasteiger partial charge in [-0.15, -0.1) is 0 Å². The van der Waals surface area contributed by atoms with Crippen LogP contribution in [0.3, 0.4) is 0 Å². The number of amides is 1. The second kappa shape index (κ2) is 7.63. The van der Waals surface area contributed by atoms with E-state index in [0.29, 0.717) is 13.1 Å². The molecule has 5 nitrogen and oxygen atoms in total. The number of ether oxygens (including phenoxy) is 1. The van der Waals surface area contributed by atoms with E-state index in [1.165, 1.54) is 18.4 Å². The minimum Gasteiger partial charge on any atom is -0.469 e. The van der Waals surface area contributed by atoms with E-state index >= 15 is 0 Å². The molecule has 2 rings (SSSR count). The highest BCUT2D eigenvalue weighted by atomic mass is 79.9. The minimum atomic E-state index is -0.336. The molecule has 1 saturated heterocycles. The Morgan fingerprint density at radius 3 is 2.45 bits per heavy atom. The van der Waals surface area contributed by atoms with Crippen LogP contribution in [0.15, 0.2) is 22.7 Å². The molecular formula is C16H21BrN2O3. The number of benzene rings is 1. The van der Waals surface area contributed by atoms with Crippen molar-refractivity contribution >= 4 is 33.5 Å². The van der Waals surface area contributed by atoms with Gasteiger partial charge in [-0.25, -0.2) is 0 Å². The highest BCUT2D eigenvalue weighted by Crippen LogP contribution is 2.24. The molecule has 1 aliphatic heterocycles. The van der Waals surface area contributed by atoms with Crippen LogP contribution in [0.25, 0.3) is 0 Å². The number of piperazine rings is 1. The third-order valence-corrected chi connectivity index (χ3v) is 4.80. The second-order valence-electron chi connectivity index (χ2n) is 5.38. The molecule has 1 aromatic carbocycles. The summed E-state index contributed by atoms with van der Waals surface area (Å²) in [6.07, 6.45) is 0.380. The highest BCUT2D eigenvalue weighted by Gasteiger charge is 2.21. The van der Waals surface area contributed by atoms with E-state index in [1.54, 1.807) is 0 Å². The Hall–Kier alpha value is -1.56. The van der Waals surface area contributed by atoms with E-state index in [-0.39, 0.29) is 24.7 Å². The number of halogens is 1. The molecule has 0 aliphatic carbocycles. The van der Waals surface area contributed by atoms with Crippen molar-refractivity contribution < 1.29 is 14.3 Å². The van der Waals surface area contributed by atoms with Gasteiger partial charge in [-0.2, -0.15) is 0 Å². The monoisotopic (exact) mass is 368 g/mol. The summed E-state index contributed by atoms with van der Waals surface area (Å²) in [4.78, 5) is 27.3. The van der Waals surface area contributed by atoms with Gasteiger partial charge in [-0.05, 0) is 30.7 Å². The first-order valence-electron chi connectivity index (χ1n) is 7.37. The number of carbonyl (C=O) groups is 2. The van der Waals surface area contributed by atoms with Gasteiger partial charge >= 0.3 is 5.97 Å². The fourth-order valence-electron chi connectivity index (χ4n) is 2.51. The summed E-state index contributed by atoms with van der Waals surface area (Å²) in [5.74, 6) is -0.311. The lowest BCUT2D eigenvalue weighted by atomic mass is 10.2. The number of methoxy groups -OCH3 is 1. The molecule has 120 valence electrons. The van der Waals surface area contributed by atoms with E-state index in [9.17, 15) is 9.59 Å². The molecule has 1 amide bonds. The van der Waals surface area contributed by atoms with E-state index in [1.807, 2.05) is 4.90 Å². The summed E-state index contributed by atoms with van der Waals surface area (Å²) in [5.41, 5.74) is 2.39. The lowest BCUT2D eigenvalue weighted by Crippen LogP contribution is -2.48. The van der Waals surface area contributed by atoms with Crippen molar-refractivity contribution in [2.75, 3.05) is 38.2 Å². The van der Waals surface area contributed by atoms with Crippen LogP contribution in [0.1, 0.15) is 18.4 Å². The first kappa shape index (κ1) is 16.8. The summed E-state index contributed by atoms with van der Waals surface area (Å²) in [5, 5.41) is 0. The Bertz CT molecular complexity index is 554. The zero-order chi connectivity index (χ0) is 16.1. The second-order valence-corrected chi connectivity index (χ2v) is 6.23. The maximum atomic E-state index is 12.1. The highest BCUT2D eigenvalue weighted by molar-refractivity contribution is 9.10. The molecule has 0 saturated carbocycles. The molecule has 0 N–H and O–H groups in total. The Morgan fingerprint density at radius 2 is 1.86 bits per heavy atom. The van der Waals surface area contributed by atoms with Crippen LogP contribution in [0.5, 0.6) is 0 Å². The number of carbonyl (C=O) groups excluding carboxylic acids is 2. The van der Waals surface area contributed by atoms with Crippen LogP contribution in [0.2, 0.25) is 0 Å². The number of nitrogens with zero attached hydrogens (tertiary/aromatic N) is 2. The average Bonchev–Trinajstić information content (AvgIpc) is 2.55. The number of anilines is 1. The molecule has 1 aromatic rings. The zero-order valence-corrected chi connectivity index (χ0v) is 14.6. The van der Waals surface area contributed by atoms with Crippen LogP contribution in [0.4, 0.5) is 5.69 Å². The predicted molar refractivity (Wildman–Crippen MR) is 88.9 cm³/mol. The maximum absolute atomic E-state index is 12.1. The van der Waals surface area contributed by atoms with Crippen LogP contribution >= 0.6 is 15.9 Å². The summed E-state index contributed by atoms with van der Waals surface area (Å²) < 4.78 is 5.67. The Kier molecular flexibility index (Phi) is 5.83. The summed E-state index contributed by atoms with van der Waals surface area (Å²) in [7, 11) is 1.34. The standard InChI is InChI=1S/C16H21BrN2O3/c1-12-11-13(3-4-14(12)17)18-7-9-19(10-8-18)15(20)5-6-16(21)22-2/h3-4,11H,5-10H2,1-2H3. The molecule has 6 heteroatoms. The van der Waals surface area contributed by atoms with Gasteiger partial charge in [0.25, 0.3) is 0 Å². The molecule has 0 radical (unpaired) electrons. The van der Waals surface area contributed by atoms with Crippen molar-refractivity contribution in [3.63, 3.8) is 0 Å². The fraction of sp³-hybridized carbons (Fsp3) is 0.500. The van der Waals surface area contributed by atoms with Gasteiger partial charge in [0.1, 0.15) is 0 Å². The van der Waals surface area contributed by atoms with Crippen molar-refractivity contribution in [2.24, 2.45) is 0 Å². The molecule has 1 fully saturated rings. The molecule has 1 heterocycles. The molecule has 0 unspecified atom stereocenters. The van der Waals surface area contributed by atoms with Gasteiger partial charge in [0.15, 0.2) is 0 Å². The van der Waals surface area contributed by atoms with Gasteiger partial charge in [-0.3, -0.25) is 9.59 Å². The number of hydrogen-bond acceptors (Lipinski definition) is 4. The van der Waals surface area contributed by atoms with Crippen molar-refractivity contribution in [2.45, 2.75) is 19.8 Å². The smallest absolute Gasteiger partial charge is 0.306 e. The van der Waals surface area contributed by atoms with Crippen LogP contribution in [-0.4, -0.2) is 50.1 Å². The number of rotatable bonds is 4. The Labute approximate surface area is 139 Å². The van der Waals surface area contributed by atoms with Crippen molar-refractivity contribution in [3.8, 4) is 0 Å². The van der Waals surface area contributed by atoms with E-state index in [0.717, 1.165) is 17.6 Å². The van der Waals surface area contributed by atoms with Crippen molar-refractivity contribution in [1.82, 2.24) is 4.90 Å². The fourth-order valence-corrected chi connectivity index (χ4v) is 2.76. The van der Waals surface area contributed by atoms with Crippen molar-refractivity contribution in [3.05, 3.63) is 28.2 Å². The molecule has 0 bridgehead atoms. The number of hydrogen-bond donors (Lipinski definition) is 0. The molecule has 1 aliphatic rings. The van der Waals surface area contributed by atoms with Crippen LogP contribution < -0.4 is 4.90 Å². The lowest BCUT2D eigenvalue weighted by Gasteiger charge is -2.36. The quantitative estimate of drug-likeness (QED) is 0.765. The zero-order valence-electron chi connectivity index (χ0n) is 13.0. The van der Waals surface area contributed by atoms with Gasteiger partial charge in [0, 0.05) is 42.8 Å². The maximum Gasteiger partial charge on any atom is 0.306 e. The molecule has 0 spiro atoms. The van der Waals surface area contributed by atoms with Crippen LogP contribution in [0, 0.1) is 6.92 Å². The molecule has 0 atom stereocenters. The van der Waals surface area contributed by atoms with E-state index < -0.39 is 0 Å². The normalized spacial score (nSPS) is 14.9. The summed E-state index contributed by atoms with van der Waals surface area (Å²) in [6.45, 7) is 5.07. The van der Waals surface area contributed by atoms with Gasteiger partial charge in [-0.1, -0.05) is 15.9 Å². The predicted octanol–water partition coefficient (Wildman–Crippen LogP) is 2.36. The SMILES string of the molecule is COC(=O)CCC(=O)N1CCN(c2ccc(Br)c(C)c2)CC1. The van der Waals surface area contributed by atoms with Gasteiger partial charge < -0.3 is 14.5 Å². The third kappa shape index (κ3) is 4.22. The Balaban J connectivity index is 1.86. The van der Waals surface area contributed by atoms with Crippen molar-refractivity contribution in [1.29, 1.82) is 0 Å². The topological polar surface area (TPSA) is 49.9 Å². The summed E-state index contributed by atoms with van der Waals surface area (Å²) >= 11 is 3.51. The number of esters is 1. The molecular weight excluding hydrogens is 348 g/mol.